The van der Waals surface area contributed by atoms with Crippen LogP contribution in [0.4, 0.5) is 0 Å². The van der Waals surface area contributed by atoms with E-state index in [0.717, 1.165) is 22.0 Å². The molecule has 1 heterocycles. The van der Waals surface area contributed by atoms with E-state index in [2.05, 4.69) is 4.98 Å². The zero-order valence-corrected chi connectivity index (χ0v) is 13.9. The third kappa shape index (κ3) is 2.60. The second-order valence-corrected chi connectivity index (χ2v) is 6.28. The Morgan fingerprint density at radius 2 is 1.75 bits per heavy atom. The number of benzene rings is 2. The van der Waals surface area contributed by atoms with E-state index in [0.29, 0.717) is 11.3 Å². The minimum atomic E-state index is -0.966. The number of hydrogen-bond acceptors (Lipinski definition) is 2. The van der Waals surface area contributed by atoms with E-state index in [9.17, 15) is 14.7 Å². The van der Waals surface area contributed by atoms with Gasteiger partial charge in [0, 0.05) is 22.4 Å². The SMILES string of the molecule is Cc1cc2[nH]c(C(=O)C(C)C)c(-c3ccccc3)c2cc1C(=O)O. The van der Waals surface area contributed by atoms with Crippen LogP contribution in [0.25, 0.3) is 22.0 Å². The lowest BCUT2D eigenvalue weighted by atomic mass is 9.95. The average Bonchev–Trinajstić information content (AvgIpc) is 2.91. The van der Waals surface area contributed by atoms with Crippen LogP contribution in [0.2, 0.25) is 0 Å². The number of carbonyl (C=O) groups is 2. The summed E-state index contributed by atoms with van der Waals surface area (Å²) in [5.41, 5.74) is 3.90. The molecule has 2 aromatic carbocycles. The number of aromatic nitrogens is 1. The summed E-state index contributed by atoms with van der Waals surface area (Å²) in [7, 11) is 0. The molecular weight excluding hydrogens is 302 g/mol. The number of Topliss-reactive ketones (excluding diaryl/α,β-unsaturated/α-hetero) is 1. The third-order valence-corrected chi connectivity index (χ3v) is 4.21. The van der Waals surface area contributed by atoms with Crippen LogP contribution < -0.4 is 0 Å². The number of rotatable bonds is 4. The van der Waals surface area contributed by atoms with Crippen molar-refractivity contribution in [3.63, 3.8) is 0 Å². The van der Waals surface area contributed by atoms with E-state index >= 15 is 0 Å². The molecule has 0 atom stereocenters. The van der Waals surface area contributed by atoms with Gasteiger partial charge in [0.05, 0.1) is 11.3 Å². The molecule has 0 unspecified atom stereocenters. The van der Waals surface area contributed by atoms with Gasteiger partial charge in [-0.05, 0) is 30.2 Å². The first-order valence-corrected chi connectivity index (χ1v) is 7.89. The zero-order chi connectivity index (χ0) is 17.4. The Kier molecular flexibility index (Phi) is 3.97. The molecule has 0 aliphatic carbocycles. The highest BCUT2D eigenvalue weighted by Gasteiger charge is 2.22. The van der Waals surface area contributed by atoms with Gasteiger partial charge in [-0.3, -0.25) is 4.79 Å². The molecule has 2 N–H and O–H groups in total. The van der Waals surface area contributed by atoms with Crippen molar-refractivity contribution in [3.8, 4) is 11.1 Å². The monoisotopic (exact) mass is 321 g/mol. The van der Waals surface area contributed by atoms with Crippen LogP contribution in [0, 0.1) is 12.8 Å². The molecule has 4 nitrogen and oxygen atoms in total. The van der Waals surface area contributed by atoms with Gasteiger partial charge >= 0.3 is 5.97 Å². The van der Waals surface area contributed by atoms with Crippen molar-refractivity contribution >= 4 is 22.7 Å². The number of aromatic carboxylic acids is 1. The molecule has 122 valence electrons. The Bertz CT molecular complexity index is 936. The van der Waals surface area contributed by atoms with Crippen LogP contribution in [0.15, 0.2) is 42.5 Å². The van der Waals surface area contributed by atoms with E-state index in [4.69, 9.17) is 0 Å². The summed E-state index contributed by atoms with van der Waals surface area (Å²) in [6.07, 6.45) is 0. The fourth-order valence-corrected chi connectivity index (χ4v) is 2.96. The standard InChI is InChI=1S/C20H19NO3/c1-11(2)19(22)18-17(13-7-5-4-6-8-13)15-10-14(20(23)24)12(3)9-16(15)21-18/h4-11,21H,1-3H3,(H,23,24). The van der Waals surface area contributed by atoms with Crippen LogP contribution in [0.5, 0.6) is 0 Å². The van der Waals surface area contributed by atoms with Gasteiger partial charge in [-0.1, -0.05) is 44.2 Å². The largest absolute Gasteiger partial charge is 0.478 e. The maximum absolute atomic E-state index is 12.7. The highest BCUT2D eigenvalue weighted by molar-refractivity contribution is 6.12. The lowest BCUT2D eigenvalue weighted by Gasteiger charge is -2.07. The summed E-state index contributed by atoms with van der Waals surface area (Å²) in [5.74, 6) is -1.11. The van der Waals surface area contributed by atoms with Gasteiger partial charge in [-0.25, -0.2) is 4.79 Å². The van der Waals surface area contributed by atoms with Gasteiger partial charge in [0.25, 0.3) is 0 Å². The number of nitrogens with one attached hydrogen (secondary N) is 1. The number of aryl methyl sites for hydroxylation is 1. The number of hydrogen-bond donors (Lipinski definition) is 2. The number of aromatic amines is 1. The topological polar surface area (TPSA) is 70.2 Å². The molecule has 0 bridgehead atoms. The van der Waals surface area contributed by atoms with Crippen LogP contribution >= 0.6 is 0 Å². The van der Waals surface area contributed by atoms with E-state index < -0.39 is 5.97 Å². The second-order valence-electron chi connectivity index (χ2n) is 6.28. The van der Waals surface area contributed by atoms with E-state index in [-0.39, 0.29) is 17.3 Å². The fraction of sp³-hybridized carbons (Fsp3) is 0.200. The predicted octanol–water partition coefficient (Wildman–Crippen LogP) is 4.68. The average molecular weight is 321 g/mol. The maximum atomic E-state index is 12.7. The normalized spacial score (nSPS) is 11.2. The van der Waals surface area contributed by atoms with Gasteiger partial charge in [0.1, 0.15) is 0 Å². The van der Waals surface area contributed by atoms with Gasteiger partial charge < -0.3 is 10.1 Å². The van der Waals surface area contributed by atoms with Crippen molar-refractivity contribution in [2.45, 2.75) is 20.8 Å². The molecular formula is C20H19NO3. The lowest BCUT2D eigenvalue weighted by Crippen LogP contribution is -2.09. The molecule has 0 saturated heterocycles. The number of carbonyl (C=O) groups excluding carboxylic acids is 1. The van der Waals surface area contributed by atoms with Crippen molar-refractivity contribution in [1.29, 1.82) is 0 Å². The first-order valence-electron chi connectivity index (χ1n) is 7.89. The predicted molar refractivity (Wildman–Crippen MR) is 94.6 cm³/mol. The van der Waals surface area contributed by atoms with Crippen molar-refractivity contribution in [2.24, 2.45) is 5.92 Å². The Morgan fingerprint density at radius 3 is 2.33 bits per heavy atom. The summed E-state index contributed by atoms with van der Waals surface area (Å²) in [5, 5.41) is 10.2. The molecule has 0 saturated carbocycles. The molecule has 0 aliphatic heterocycles. The highest BCUT2D eigenvalue weighted by atomic mass is 16.4. The Hall–Kier alpha value is -2.88. The van der Waals surface area contributed by atoms with Gasteiger partial charge in [0.2, 0.25) is 0 Å². The van der Waals surface area contributed by atoms with Gasteiger partial charge in [0.15, 0.2) is 5.78 Å². The Morgan fingerprint density at radius 1 is 1.08 bits per heavy atom. The quantitative estimate of drug-likeness (QED) is 0.685. The lowest BCUT2D eigenvalue weighted by molar-refractivity contribution is 0.0696. The molecule has 4 heteroatoms. The number of ketones is 1. The molecule has 0 radical (unpaired) electrons. The van der Waals surface area contributed by atoms with Crippen LogP contribution in [0.1, 0.15) is 40.3 Å². The van der Waals surface area contributed by atoms with Crippen LogP contribution in [-0.2, 0) is 0 Å². The molecule has 24 heavy (non-hydrogen) atoms. The molecule has 3 rings (SSSR count). The number of carboxylic acid groups (broad SMARTS) is 1. The first-order chi connectivity index (χ1) is 11.4. The van der Waals surface area contributed by atoms with E-state index in [1.807, 2.05) is 44.2 Å². The fourth-order valence-electron chi connectivity index (χ4n) is 2.96. The summed E-state index contributed by atoms with van der Waals surface area (Å²) in [6, 6.07) is 13.0. The van der Waals surface area contributed by atoms with E-state index in [1.165, 1.54) is 0 Å². The molecule has 0 spiro atoms. The minimum absolute atomic E-state index is 0.0135. The summed E-state index contributed by atoms with van der Waals surface area (Å²) in [4.78, 5) is 27.4. The summed E-state index contributed by atoms with van der Waals surface area (Å²) >= 11 is 0. The second kappa shape index (κ2) is 5.96. The molecule has 0 aliphatic rings. The smallest absolute Gasteiger partial charge is 0.335 e. The van der Waals surface area contributed by atoms with E-state index in [1.54, 1.807) is 19.1 Å². The molecule has 1 aromatic heterocycles. The molecule has 3 aromatic rings. The number of carboxylic acids is 1. The molecule has 0 amide bonds. The van der Waals surface area contributed by atoms with Crippen molar-refractivity contribution in [2.75, 3.05) is 0 Å². The Balaban J connectivity index is 2.39. The van der Waals surface area contributed by atoms with Crippen LogP contribution in [-0.4, -0.2) is 21.8 Å². The summed E-state index contributed by atoms with van der Waals surface area (Å²) in [6.45, 7) is 5.48. The van der Waals surface area contributed by atoms with Crippen LogP contribution in [0.3, 0.4) is 0 Å². The van der Waals surface area contributed by atoms with Crippen molar-refractivity contribution in [3.05, 3.63) is 59.3 Å². The third-order valence-electron chi connectivity index (χ3n) is 4.21. The zero-order valence-electron chi connectivity index (χ0n) is 13.9. The first kappa shape index (κ1) is 16.0. The number of H-pyrrole nitrogens is 1. The summed E-state index contributed by atoms with van der Waals surface area (Å²) < 4.78 is 0. The maximum Gasteiger partial charge on any atom is 0.335 e. The molecule has 0 fully saturated rings. The van der Waals surface area contributed by atoms with Crippen molar-refractivity contribution < 1.29 is 14.7 Å². The highest BCUT2D eigenvalue weighted by Crippen LogP contribution is 2.35. The Labute approximate surface area is 140 Å². The minimum Gasteiger partial charge on any atom is -0.478 e. The number of fused-ring (bicyclic) bond motifs is 1. The van der Waals surface area contributed by atoms with Gasteiger partial charge in [-0.15, -0.1) is 0 Å². The van der Waals surface area contributed by atoms with Crippen molar-refractivity contribution in [1.82, 2.24) is 4.98 Å². The van der Waals surface area contributed by atoms with Gasteiger partial charge in [-0.2, -0.15) is 0 Å².